The predicted octanol–water partition coefficient (Wildman–Crippen LogP) is 3.54. The van der Waals surface area contributed by atoms with Gasteiger partial charge in [0.05, 0.1) is 12.8 Å². The first kappa shape index (κ1) is 19.6. The van der Waals surface area contributed by atoms with E-state index in [0.29, 0.717) is 11.2 Å². The lowest BCUT2D eigenvalue weighted by Crippen LogP contribution is -2.27. The van der Waals surface area contributed by atoms with Crippen LogP contribution in [-0.4, -0.2) is 57.1 Å². The van der Waals surface area contributed by atoms with Crippen molar-refractivity contribution in [1.29, 1.82) is 0 Å². The summed E-state index contributed by atoms with van der Waals surface area (Å²) in [6.45, 7) is 5.44. The zero-order chi connectivity index (χ0) is 20.7. The minimum Gasteiger partial charge on any atom is -0.497 e. The van der Waals surface area contributed by atoms with Crippen LogP contribution in [0.2, 0.25) is 0 Å². The normalized spacial score (nSPS) is 23.0. The Balaban J connectivity index is 1.12. The first-order valence-corrected chi connectivity index (χ1v) is 11.4. The highest BCUT2D eigenvalue weighted by molar-refractivity contribution is 7.99. The number of hydrogen-bond donors (Lipinski definition) is 0. The van der Waals surface area contributed by atoms with E-state index in [4.69, 9.17) is 9.15 Å². The Labute approximate surface area is 180 Å². The molecule has 1 aliphatic heterocycles. The van der Waals surface area contributed by atoms with E-state index in [1.54, 1.807) is 18.9 Å². The molecule has 2 aromatic heterocycles. The Kier molecular flexibility index (Phi) is 5.06. The highest BCUT2D eigenvalue weighted by Crippen LogP contribution is 2.59. The summed E-state index contributed by atoms with van der Waals surface area (Å²) in [5.41, 5.74) is 2.69. The molecule has 7 nitrogen and oxygen atoms in total. The topological polar surface area (TPSA) is 69.2 Å². The van der Waals surface area contributed by atoms with Crippen molar-refractivity contribution in [3.05, 3.63) is 41.9 Å². The SMILES string of the molecule is COc1ccc(C23C[C@@H]2CN(CCCSc2nnc(-c4ocnc4C)n2C)C3)cc1. The number of oxazole rings is 1. The van der Waals surface area contributed by atoms with Crippen molar-refractivity contribution in [2.75, 3.05) is 32.5 Å². The molecule has 1 aromatic carbocycles. The molecule has 0 bridgehead atoms. The van der Waals surface area contributed by atoms with Crippen LogP contribution in [0.15, 0.2) is 40.2 Å². The van der Waals surface area contributed by atoms with Gasteiger partial charge in [0.1, 0.15) is 5.75 Å². The van der Waals surface area contributed by atoms with Gasteiger partial charge in [-0.15, -0.1) is 10.2 Å². The van der Waals surface area contributed by atoms with Gasteiger partial charge in [0, 0.05) is 31.3 Å². The maximum atomic E-state index is 5.45. The van der Waals surface area contributed by atoms with Crippen molar-refractivity contribution >= 4 is 11.8 Å². The Hall–Kier alpha value is -2.32. The van der Waals surface area contributed by atoms with Crippen molar-refractivity contribution in [3.63, 3.8) is 0 Å². The average Bonchev–Trinajstić information content (AvgIpc) is 3.05. The lowest BCUT2D eigenvalue weighted by molar-refractivity contribution is 0.299. The first-order valence-electron chi connectivity index (χ1n) is 10.4. The Morgan fingerprint density at radius 1 is 1.27 bits per heavy atom. The molecule has 0 amide bonds. The maximum absolute atomic E-state index is 5.45. The molecule has 1 aliphatic carbocycles. The minimum atomic E-state index is 0.382. The van der Waals surface area contributed by atoms with E-state index in [1.165, 1.54) is 31.5 Å². The van der Waals surface area contributed by atoms with Crippen LogP contribution in [0.1, 0.15) is 24.1 Å². The van der Waals surface area contributed by atoms with Gasteiger partial charge in [-0.2, -0.15) is 0 Å². The van der Waals surface area contributed by atoms with Crippen molar-refractivity contribution in [2.24, 2.45) is 13.0 Å². The minimum absolute atomic E-state index is 0.382. The van der Waals surface area contributed by atoms with Crippen LogP contribution >= 0.6 is 11.8 Å². The molecule has 158 valence electrons. The maximum Gasteiger partial charge on any atom is 0.202 e. The molecule has 1 saturated heterocycles. The van der Waals surface area contributed by atoms with Crippen LogP contribution in [0.5, 0.6) is 5.75 Å². The van der Waals surface area contributed by atoms with E-state index in [2.05, 4.69) is 44.3 Å². The fourth-order valence-corrected chi connectivity index (χ4v) is 5.57. The van der Waals surface area contributed by atoms with Crippen LogP contribution in [-0.2, 0) is 12.5 Å². The quantitative estimate of drug-likeness (QED) is 0.404. The summed E-state index contributed by atoms with van der Waals surface area (Å²) in [6.07, 6.45) is 3.92. The Morgan fingerprint density at radius 3 is 2.83 bits per heavy atom. The number of hydrogen-bond acceptors (Lipinski definition) is 7. The lowest BCUT2D eigenvalue weighted by atomic mass is 9.95. The van der Waals surface area contributed by atoms with E-state index in [9.17, 15) is 0 Å². The number of ether oxygens (including phenoxy) is 1. The van der Waals surface area contributed by atoms with E-state index >= 15 is 0 Å². The molecule has 2 aliphatic rings. The summed E-state index contributed by atoms with van der Waals surface area (Å²) >= 11 is 1.75. The van der Waals surface area contributed by atoms with Gasteiger partial charge in [-0.1, -0.05) is 23.9 Å². The number of likely N-dealkylation sites (tertiary alicyclic amines) is 1. The third-order valence-corrected chi connectivity index (χ3v) is 7.62. The van der Waals surface area contributed by atoms with Gasteiger partial charge in [-0.25, -0.2) is 4.98 Å². The van der Waals surface area contributed by atoms with E-state index in [0.717, 1.165) is 47.1 Å². The molecule has 0 spiro atoms. The summed E-state index contributed by atoms with van der Waals surface area (Å²) in [5, 5.41) is 9.53. The molecular formula is C22H27N5O2S. The molecule has 5 rings (SSSR count). The lowest BCUT2D eigenvalue weighted by Gasteiger charge is -2.21. The van der Waals surface area contributed by atoms with E-state index in [-0.39, 0.29) is 0 Å². The second kappa shape index (κ2) is 7.74. The van der Waals surface area contributed by atoms with Crippen LogP contribution in [0, 0.1) is 12.8 Å². The van der Waals surface area contributed by atoms with Crippen molar-refractivity contribution in [2.45, 2.75) is 30.3 Å². The Bertz CT molecular complexity index is 1030. The summed E-state index contributed by atoms with van der Waals surface area (Å²) in [4.78, 5) is 6.77. The van der Waals surface area contributed by atoms with Gasteiger partial charge in [0.25, 0.3) is 0 Å². The highest BCUT2D eigenvalue weighted by atomic mass is 32.2. The van der Waals surface area contributed by atoms with Gasteiger partial charge in [0.2, 0.25) is 5.82 Å². The van der Waals surface area contributed by atoms with Gasteiger partial charge in [-0.3, -0.25) is 0 Å². The van der Waals surface area contributed by atoms with Crippen molar-refractivity contribution < 1.29 is 9.15 Å². The fraction of sp³-hybridized carbons (Fsp3) is 0.500. The summed E-state index contributed by atoms with van der Waals surface area (Å²) < 4.78 is 12.7. The summed E-state index contributed by atoms with van der Waals surface area (Å²) in [7, 11) is 3.70. The van der Waals surface area contributed by atoms with E-state index in [1.807, 2.05) is 18.5 Å². The second-order valence-corrected chi connectivity index (χ2v) is 9.42. The number of rotatable bonds is 8. The number of aromatic nitrogens is 4. The second-order valence-electron chi connectivity index (χ2n) is 8.35. The smallest absolute Gasteiger partial charge is 0.202 e. The van der Waals surface area contributed by atoms with Gasteiger partial charge in [0.15, 0.2) is 17.3 Å². The number of aryl methyl sites for hydroxylation is 1. The molecule has 2 fully saturated rings. The third kappa shape index (κ3) is 3.41. The molecule has 30 heavy (non-hydrogen) atoms. The number of fused-ring (bicyclic) bond motifs is 1. The molecule has 2 atom stereocenters. The standard InChI is InChI=1S/C22H27N5O2S/c1-15-19(29-14-23-15)20-24-25-21(26(20)2)30-10-4-9-27-12-17-11-22(17,13-27)16-5-7-18(28-3)8-6-16/h5-8,14,17H,4,9-13H2,1-3H3/t17-,22?/m1/s1. The number of piperidine rings is 1. The van der Waals surface area contributed by atoms with Crippen LogP contribution in [0.4, 0.5) is 0 Å². The largest absolute Gasteiger partial charge is 0.497 e. The zero-order valence-corrected chi connectivity index (χ0v) is 18.5. The molecule has 3 heterocycles. The predicted molar refractivity (Wildman–Crippen MR) is 116 cm³/mol. The van der Waals surface area contributed by atoms with Crippen LogP contribution in [0.25, 0.3) is 11.6 Å². The van der Waals surface area contributed by atoms with Gasteiger partial charge >= 0.3 is 0 Å². The fourth-order valence-electron chi connectivity index (χ4n) is 4.73. The van der Waals surface area contributed by atoms with Gasteiger partial charge < -0.3 is 18.6 Å². The monoisotopic (exact) mass is 425 g/mol. The molecule has 0 N–H and O–H groups in total. The highest BCUT2D eigenvalue weighted by Gasteiger charge is 2.60. The molecular weight excluding hydrogens is 398 g/mol. The molecule has 1 unspecified atom stereocenters. The molecule has 8 heteroatoms. The third-order valence-electron chi connectivity index (χ3n) is 6.51. The summed E-state index contributed by atoms with van der Waals surface area (Å²) in [6, 6.07) is 8.68. The van der Waals surface area contributed by atoms with Crippen molar-refractivity contribution in [3.8, 4) is 17.3 Å². The first-order chi connectivity index (χ1) is 14.6. The number of benzene rings is 1. The Morgan fingerprint density at radius 2 is 2.10 bits per heavy atom. The van der Waals surface area contributed by atoms with Crippen molar-refractivity contribution in [1.82, 2.24) is 24.6 Å². The number of nitrogens with zero attached hydrogens (tertiary/aromatic N) is 5. The summed E-state index contributed by atoms with van der Waals surface area (Å²) in [5.74, 6) is 4.19. The zero-order valence-electron chi connectivity index (χ0n) is 17.7. The molecule has 1 saturated carbocycles. The number of methoxy groups -OCH3 is 1. The van der Waals surface area contributed by atoms with Gasteiger partial charge in [-0.05, 0) is 49.9 Å². The van der Waals surface area contributed by atoms with E-state index < -0.39 is 0 Å². The molecule has 0 radical (unpaired) electrons. The van der Waals surface area contributed by atoms with Crippen LogP contribution in [0.3, 0.4) is 0 Å². The van der Waals surface area contributed by atoms with Crippen LogP contribution < -0.4 is 4.74 Å². The molecule has 3 aromatic rings. The average molecular weight is 426 g/mol. The number of thioether (sulfide) groups is 1.